The summed E-state index contributed by atoms with van der Waals surface area (Å²) in [6, 6.07) is 10.7. The van der Waals surface area contributed by atoms with E-state index in [1.165, 1.54) is 0 Å². The number of nitrogens with zero attached hydrogens (tertiary/aromatic N) is 2. The Balaban J connectivity index is 1.41. The molecule has 0 amide bonds. The van der Waals surface area contributed by atoms with Gasteiger partial charge in [0.1, 0.15) is 5.75 Å². The number of rotatable bonds is 9. The van der Waals surface area contributed by atoms with Gasteiger partial charge in [-0.15, -0.1) is 0 Å². The molecule has 206 valence electrons. The van der Waals surface area contributed by atoms with Crippen LogP contribution in [0.2, 0.25) is 15.1 Å². The minimum atomic E-state index is -0.796. The summed E-state index contributed by atoms with van der Waals surface area (Å²) in [6.45, 7) is 2.12. The Labute approximate surface area is 243 Å². The second-order valence-electron chi connectivity index (χ2n) is 9.90. The number of pyridine rings is 1. The van der Waals surface area contributed by atoms with Gasteiger partial charge in [-0.25, -0.2) is 0 Å². The monoisotopic (exact) mass is 588 g/mol. The lowest BCUT2D eigenvalue weighted by molar-refractivity contribution is -0.137. The van der Waals surface area contributed by atoms with E-state index in [1.807, 2.05) is 24.3 Å². The Bertz CT molecular complexity index is 1360. The van der Waals surface area contributed by atoms with Crippen LogP contribution in [0, 0.1) is 23.7 Å². The molecule has 2 aromatic carbocycles. The fourth-order valence-electron chi connectivity index (χ4n) is 5.31. The standard InChI is InChI=1S/C30H31Cl3N2O4/c1-39-22-6-7-28-25(17-22)23(10-12-34-28)29(36)8-4-19-11-14-35(18-20(19)5-9-30(37)38)13-2-3-24-26(32)15-21(31)16-27(24)33/h6-7,10,12,15-17,19-20,29,36H,4-5,8-9,11,13-14,18H2,1H3,(H,37,38)/t19-,20+,29?/m1/s1. The second kappa shape index (κ2) is 13.7. The number of carbonyl (C=O) groups is 1. The molecule has 1 aliphatic heterocycles. The number of aliphatic carboxylic acids is 1. The summed E-state index contributed by atoms with van der Waals surface area (Å²) in [4.78, 5) is 18.0. The number of hydrogen-bond donors (Lipinski definition) is 2. The molecule has 1 fully saturated rings. The van der Waals surface area contributed by atoms with Gasteiger partial charge in [-0.2, -0.15) is 0 Å². The van der Waals surface area contributed by atoms with Crippen molar-refractivity contribution in [1.29, 1.82) is 0 Å². The van der Waals surface area contributed by atoms with Crippen LogP contribution in [0.25, 0.3) is 10.9 Å². The molecule has 4 rings (SSSR count). The summed E-state index contributed by atoms with van der Waals surface area (Å²) in [5, 5.41) is 22.6. The molecule has 1 saturated heterocycles. The zero-order valence-corrected chi connectivity index (χ0v) is 23.9. The van der Waals surface area contributed by atoms with Crippen molar-refractivity contribution in [2.24, 2.45) is 11.8 Å². The number of aliphatic hydroxyl groups excluding tert-OH is 1. The third-order valence-corrected chi connectivity index (χ3v) is 8.19. The van der Waals surface area contributed by atoms with Crippen molar-refractivity contribution < 1.29 is 19.7 Å². The fraction of sp³-hybridized carbons (Fsp3) is 0.400. The van der Waals surface area contributed by atoms with E-state index in [-0.39, 0.29) is 12.3 Å². The van der Waals surface area contributed by atoms with Gasteiger partial charge in [0.15, 0.2) is 0 Å². The van der Waals surface area contributed by atoms with Crippen LogP contribution in [-0.2, 0) is 4.79 Å². The number of aromatic nitrogens is 1. The maximum Gasteiger partial charge on any atom is 0.303 e. The largest absolute Gasteiger partial charge is 0.497 e. The van der Waals surface area contributed by atoms with Gasteiger partial charge in [-0.1, -0.05) is 46.6 Å². The predicted molar refractivity (Wildman–Crippen MR) is 156 cm³/mol. The van der Waals surface area contributed by atoms with Crippen molar-refractivity contribution in [3.8, 4) is 17.6 Å². The van der Waals surface area contributed by atoms with Crippen molar-refractivity contribution in [2.45, 2.75) is 38.2 Å². The van der Waals surface area contributed by atoms with Gasteiger partial charge in [0.25, 0.3) is 0 Å². The lowest BCUT2D eigenvalue weighted by Crippen LogP contribution is -2.41. The van der Waals surface area contributed by atoms with Gasteiger partial charge in [-0.3, -0.25) is 14.7 Å². The molecule has 1 aromatic heterocycles. The molecule has 9 heteroatoms. The van der Waals surface area contributed by atoms with Crippen molar-refractivity contribution in [3.05, 3.63) is 68.8 Å². The molecule has 3 aromatic rings. The molecular formula is C30H31Cl3N2O4. The highest BCUT2D eigenvalue weighted by atomic mass is 35.5. The summed E-state index contributed by atoms with van der Waals surface area (Å²) in [7, 11) is 1.62. The van der Waals surface area contributed by atoms with Gasteiger partial charge in [0.2, 0.25) is 0 Å². The number of halogens is 3. The van der Waals surface area contributed by atoms with Crippen LogP contribution in [0.1, 0.15) is 49.3 Å². The van der Waals surface area contributed by atoms with E-state index in [9.17, 15) is 15.0 Å². The van der Waals surface area contributed by atoms with Crippen molar-refractivity contribution >= 4 is 51.7 Å². The van der Waals surface area contributed by atoms with E-state index < -0.39 is 12.1 Å². The summed E-state index contributed by atoms with van der Waals surface area (Å²) in [6.07, 6.45) is 4.06. The van der Waals surface area contributed by atoms with E-state index in [0.29, 0.717) is 51.7 Å². The minimum Gasteiger partial charge on any atom is -0.497 e. The number of hydrogen-bond acceptors (Lipinski definition) is 5. The molecule has 0 saturated carbocycles. The van der Waals surface area contributed by atoms with E-state index in [2.05, 4.69) is 21.7 Å². The van der Waals surface area contributed by atoms with Crippen LogP contribution >= 0.6 is 34.8 Å². The zero-order chi connectivity index (χ0) is 27.9. The number of methoxy groups -OCH3 is 1. The first kappa shape index (κ1) is 29.5. The van der Waals surface area contributed by atoms with Crippen LogP contribution in [0.4, 0.5) is 0 Å². The van der Waals surface area contributed by atoms with Crippen LogP contribution in [-0.4, -0.2) is 52.8 Å². The minimum absolute atomic E-state index is 0.119. The number of fused-ring (bicyclic) bond motifs is 1. The molecule has 2 N–H and O–H groups in total. The molecule has 6 nitrogen and oxygen atoms in total. The van der Waals surface area contributed by atoms with E-state index >= 15 is 0 Å². The molecule has 39 heavy (non-hydrogen) atoms. The summed E-state index contributed by atoms with van der Waals surface area (Å²) >= 11 is 18.5. The lowest BCUT2D eigenvalue weighted by atomic mass is 9.79. The first-order valence-electron chi connectivity index (χ1n) is 12.9. The number of ether oxygens (including phenoxy) is 1. The first-order valence-corrected chi connectivity index (χ1v) is 14.1. The summed E-state index contributed by atoms with van der Waals surface area (Å²) < 4.78 is 5.36. The fourth-order valence-corrected chi connectivity index (χ4v) is 6.22. The first-order chi connectivity index (χ1) is 18.7. The van der Waals surface area contributed by atoms with Crippen molar-refractivity contribution in [2.75, 3.05) is 26.7 Å². The van der Waals surface area contributed by atoms with Gasteiger partial charge < -0.3 is 14.9 Å². The molecule has 1 aliphatic rings. The quantitative estimate of drug-likeness (QED) is 0.265. The van der Waals surface area contributed by atoms with Gasteiger partial charge in [-0.05, 0) is 86.0 Å². The van der Waals surface area contributed by atoms with Crippen LogP contribution in [0.3, 0.4) is 0 Å². The topological polar surface area (TPSA) is 82.9 Å². The molecule has 1 unspecified atom stereocenters. The van der Waals surface area contributed by atoms with Crippen LogP contribution in [0.5, 0.6) is 5.75 Å². The number of carboxylic acid groups (broad SMARTS) is 1. The van der Waals surface area contributed by atoms with Gasteiger partial charge in [0.05, 0.1) is 40.9 Å². The summed E-state index contributed by atoms with van der Waals surface area (Å²) in [5.74, 6) is 6.65. The molecule has 0 bridgehead atoms. The van der Waals surface area contributed by atoms with Crippen LogP contribution in [0.15, 0.2) is 42.6 Å². The normalized spacial score (nSPS) is 18.4. The number of piperidine rings is 1. The third-order valence-electron chi connectivity index (χ3n) is 7.38. The lowest BCUT2D eigenvalue weighted by Gasteiger charge is -2.38. The van der Waals surface area contributed by atoms with Crippen molar-refractivity contribution in [3.63, 3.8) is 0 Å². The predicted octanol–water partition coefficient (Wildman–Crippen LogP) is 6.87. The van der Waals surface area contributed by atoms with Gasteiger partial charge >= 0.3 is 5.97 Å². The Morgan fingerprint density at radius 3 is 2.64 bits per heavy atom. The Kier molecular flexibility index (Phi) is 10.3. The average molecular weight is 590 g/mol. The summed E-state index contributed by atoms with van der Waals surface area (Å²) in [5.41, 5.74) is 2.19. The van der Waals surface area contributed by atoms with E-state index in [0.717, 1.165) is 42.4 Å². The average Bonchev–Trinajstić information content (AvgIpc) is 2.91. The number of benzene rings is 2. The zero-order valence-electron chi connectivity index (χ0n) is 21.7. The molecule has 0 aliphatic carbocycles. The Morgan fingerprint density at radius 1 is 1.15 bits per heavy atom. The number of likely N-dealkylation sites (tertiary alicyclic amines) is 1. The highest BCUT2D eigenvalue weighted by Gasteiger charge is 2.30. The molecule has 0 radical (unpaired) electrons. The molecule has 2 heterocycles. The van der Waals surface area contributed by atoms with Gasteiger partial charge in [0, 0.05) is 29.6 Å². The maximum absolute atomic E-state index is 11.3. The molecular weight excluding hydrogens is 559 g/mol. The van der Waals surface area contributed by atoms with E-state index in [1.54, 1.807) is 25.4 Å². The molecule has 3 atom stereocenters. The maximum atomic E-state index is 11.3. The SMILES string of the molecule is COc1ccc2nccc(C(O)CC[C@@H]3CCN(CC#Cc4c(Cl)cc(Cl)cc4Cl)C[C@@H]3CCC(=O)O)c2c1. The van der Waals surface area contributed by atoms with Crippen molar-refractivity contribution in [1.82, 2.24) is 9.88 Å². The smallest absolute Gasteiger partial charge is 0.303 e. The van der Waals surface area contributed by atoms with Crippen LogP contribution < -0.4 is 4.74 Å². The highest BCUT2D eigenvalue weighted by Crippen LogP contribution is 2.35. The third kappa shape index (κ3) is 7.78. The second-order valence-corrected chi connectivity index (χ2v) is 11.1. The number of aliphatic hydroxyl groups is 1. The Morgan fingerprint density at radius 2 is 1.92 bits per heavy atom. The van der Waals surface area contributed by atoms with E-state index in [4.69, 9.17) is 39.5 Å². The highest BCUT2D eigenvalue weighted by molar-refractivity contribution is 6.39. The molecule has 0 spiro atoms. The Hall–Kier alpha value is -2.53. The number of carboxylic acids is 1.